The summed E-state index contributed by atoms with van der Waals surface area (Å²) < 4.78 is 36.0. The SMILES string of the molecule is CC.CC(C)N1CCn2c(CNc3nc(C(=N)c4cc(F)cnc4N)ncc3F)cc(=O)c(OCc3ccccc3)c2C1=O. The fourth-order valence-corrected chi connectivity index (χ4v) is 4.66. The van der Waals surface area contributed by atoms with Gasteiger partial charge in [0.1, 0.15) is 24.0 Å². The Hall–Kier alpha value is -5.20. The van der Waals surface area contributed by atoms with Gasteiger partial charge in [-0.1, -0.05) is 44.2 Å². The van der Waals surface area contributed by atoms with Gasteiger partial charge >= 0.3 is 0 Å². The first-order chi connectivity index (χ1) is 21.1. The molecule has 13 heteroatoms. The molecule has 0 spiro atoms. The van der Waals surface area contributed by atoms with Crippen molar-refractivity contribution in [2.45, 2.75) is 53.4 Å². The van der Waals surface area contributed by atoms with E-state index < -0.39 is 17.1 Å². The van der Waals surface area contributed by atoms with Crippen molar-refractivity contribution in [3.05, 3.63) is 105 Å². The maximum absolute atomic E-state index is 14.7. The first kappa shape index (κ1) is 31.7. The molecule has 0 bridgehead atoms. The predicted octanol–water partition coefficient (Wildman–Crippen LogP) is 4.39. The maximum atomic E-state index is 14.7. The molecule has 0 saturated heterocycles. The maximum Gasteiger partial charge on any atom is 0.274 e. The monoisotopic (exact) mass is 604 g/mol. The van der Waals surface area contributed by atoms with Gasteiger partial charge in [0.2, 0.25) is 5.43 Å². The average Bonchev–Trinajstić information content (AvgIpc) is 3.02. The number of carbonyl (C=O) groups is 1. The topological polar surface area (TPSA) is 152 Å². The highest BCUT2D eigenvalue weighted by molar-refractivity contribution is 6.11. The summed E-state index contributed by atoms with van der Waals surface area (Å²) >= 11 is 0. The van der Waals surface area contributed by atoms with Crippen LogP contribution in [0.3, 0.4) is 0 Å². The van der Waals surface area contributed by atoms with Crippen LogP contribution in [0.4, 0.5) is 20.4 Å². The standard InChI is InChI=1S/C29H28F2N8O3.C2H6/c1-16(2)38-8-9-39-19(11-22(40)25(24(39)29(38)41)42-15-17-6-4-3-5-7-17)13-35-27-21(31)14-36-28(37-27)23(32)20-10-18(30)12-34-26(20)33;1-2/h3-7,10-12,14,16,32H,8-9,13,15H2,1-2H3,(H2,33,34)(H,35,36,37);1-2H3. The fraction of sp³-hybridized carbons (Fsp3) is 0.290. The third-order valence-electron chi connectivity index (χ3n) is 6.79. The Morgan fingerprint density at radius 3 is 2.52 bits per heavy atom. The second-order valence-electron chi connectivity index (χ2n) is 9.90. The van der Waals surface area contributed by atoms with Crippen molar-refractivity contribution in [2.24, 2.45) is 0 Å². The number of nitrogens with one attached hydrogen (secondary N) is 2. The minimum Gasteiger partial charge on any atom is -0.483 e. The largest absolute Gasteiger partial charge is 0.483 e. The van der Waals surface area contributed by atoms with Crippen molar-refractivity contribution in [1.82, 2.24) is 24.4 Å². The number of pyridine rings is 2. The van der Waals surface area contributed by atoms with Gasteiger partial charge in [-0.2, -0.15) is 0 Å². The molecule has 4 N–H and O–H groups in total. The number of nitrogens with zero attached hydrogens (tertiary/aromatic N) is 5. The number of nitrogen functional groups attached to an aromatic ring is 1. The van der Waals surface area contributed by atoms with Gasteiger partial charge in [-0.15, -0.1) is 0 Å². The minimum absolute atomic E-state index is 0.0486. The van der Waals surface area contributed by atoms with Crippen LogP contribution in [0, 0.1) is 17.0 Å². The number of hydrogen-bond donors (Lipinski definition) is 3. The number of hydrogen-bond acceptors (Lipinski definition) is 9. The molecule has 44 heavy (non-hydrogen) atoms. The van der Waals surface area contributed by atoms with Crippen LogP contribution in [0.15, 0.2) is 59.7 Å². The van der Waals surface area contributed by atoms with E-state index in [-0.39, 0.29) is 65.3 Å². The molecule has 1 aromatic carbocycles. The van der Waals surface area contributed by atoms with Crippen LogP contribution >= 0.6 is 0 Å². The van der Waals surface area contributed by atoms with E-state index in [0.29, 0.717) is 18.8 Å². The van der Waals surface area contributed by atoms with Crippen LogP contribution in [0.5, 0.6) is 5.75 Å². The van der Waals surface area contributed by atoms with Gasteiger partial charge in [0.25, 0.3) is 5.91 Å². The first-order valence-corrected chi connectivity index (χ1v) is 14.1. The molecule has 0 fully saturated rings. The zero-order valence-electron chi connectivity index (χ0n) is 24.9. The number of fused-ring (bicyclic) bond motifs is 1. The molecule has 4 aromatic rings. The van der Waals surface area contributed by atoms with Crippen LogP contribution in [-0.2, 0) is 19.7 Å². The Labute approximate surface area is 253 Å². The second kappa shape index (κ2) is 13.8. The molecule has 0 saturated carbocycles. The van der Waals surface area contributed by atoms with Gasteiger partial charge in [0.15, 0.2) is 28.9 Å². The molecule has 1 aliphatic rings. The minimum atomic E-state index is -0.817. The lowest BCUT2D eigenvalue weighted by atomic mass is 10.1. The molecule has 0 atom stereocenters. The van der Waals surface area contributed by atoms with Crippen molar-refractivity contribution in [3.8, 4) is 5.75 Å². The Morgan fingerprint density at radius 2 is 1.82 bits per heavy atom. The fourth-order valence-electron chi connectivity index (χ4n) is 4.66. The number of ether oxygens (including phenoxy) is 1. The highest BCUT2D eigenvalue weighted by Gasteiger charge is 2.32. The lowest BCUT2D eigenvalue weighted by Crippen LogP contribution is -2.46. The summed E-state index contributed by atoms with van der Waals surface area (Å²) in [4.78, 5) is 40.1. The smallest absolute Gasteiger partial charge is 0.274 e. The first-order valence-electron chi connectivity index (χ1n) is 14.1. The second-order valence-corrected chi connectivity index (χ2v) is 9.90. The molecule has 0 aliphatic carbocycles. The van der Waals surface area contributed by atoms with E-state index in [1.807, 2.05) is 58.0 Å². The van der Waals surface area contributed by atoms with Crippen LogP contribution in [0.1, 0.15) is 60.8 Å². The van der Waals surface area contributed by atoms with Crippen LogP contribution in [-0.4, -0.2) is 48.6 Å². The average molecular weight is 605 g/mol. The van der Waals surface area contributed by atoms with Gasteiger partial charge in [-0.05, 0) is 25.5 Å². The van der Waals surface area contributed by atoms with E-state index in [1.165, 1.54) is 6.07 Å². The number of aromatic nitrogens is 4. The van der Waals surface area contributed by atoms with Gasteiger partial charge < -0.3 is 25.3 Å². The third kappa shape index (κ3) is 6.72. The summed E-state index contributed by atoms with van der Waals surface area (Å²) in [6, 6.07) is 11.5. The van der Waals surface area contributed by atoms with Crippen molar-refractivity contribution < 1.29 is 18.3 Å². The number of halogens is 2. The number of carbonyl (C=O) groups excluding carboxylic acids is 1. The normalized spacial score (nSPS) is 12.3. The molecule has 1 aliphatic heterocycles. The highest BCUT2D eigenvalue weighted by Crippen LogP contribution is 2.25. The van der Waals surface area contributed by atoms with Gasteiger partial charge in [-0.3, -0.25) is 15.0 Å². The number of anilines is 2. The Balaban J connectivity index is 0.00000216. The van der Waals surface area contributed by atoms with Gasteiger partial charge in [-0.25, -0.2) is 23.7 Å². The van der Waals surface area contributed by atoms with Gasteiger partial charge in [0.05, 0.1) is 18.9 Å². The van der Waals surface area contributed by atoms with Crippen LogP contribution in [0.2, 0.25) is 0 Å². The number of amides is 1. The van der Waals surface area contributed by atoms with Crippen molar-refractivity contribution in [1.29, 1.82) is 5.41 Å². The Bertz CT molecular complexity index is 1730. The molecule has 11 nitrogen and oxygen atoms in total. The summed E-state index contributed by atoms with van der Waals surface area (Å²) in [5, 5.41) is 11.2. The van der Waals surface area contributed by atoms with E-state index in [9.17, 15) is 18.4 Å². The quantitative estimate of drug-likeness (QED) is 0.238. The van der Waals surface area contributed by atoms with Crippen molar-refractivity contribution >= 4 is 23.3 Å². The predicted molar refractivity (Wildman–Crippen MR) is 163 cm³/mol. The molecule has 0 unspecified atom stereocenters. The molecule has 3 aromatic heterocycles. The number of benzene rings is 1. The summed E-state index contributed by atoms with van der Waals surface area (Å²) in [6.07, 6.45) is 1.78. The van der Waals surface area contributed by atoms with E-state index in [0.717, 1.165) is 24.0 Å². The Morgan fingerprint density at radius 1 is 1.09 bits per heavy atom. The zero-order chi connectivity index (χ0) is 32.0. The van der Waals surface area contributed by atoms with E-state index in [1.54, 1.807) is 9.47 Å². The molecule has 230 valence electrons. The summed E-state index contributed by atoms with van der Waals surface area (Å²) in [5.74, 6) is -2.50. The molecule has 0 radical (unpaired) electrons. The molecule has 1 amide bonds. The van der Waals surface area contributed by atoms with Crippen LogP contribution in [0.25, 0.3) is 0 Å². The summed E-state index contributed by atoms with van der Waals surface area (Å²) in [6.45, 7) is 8.59. The van der Waals surface area contributed by atoms with Crippen LogP contribution < -0.4 is 21.2 Å². The van der Waals surface area contributed by atoms with Crippen molar-refractivity contribution in [3.63, 3.8) is 0 Å². The number of nitrogens with two attached hydrogens (primary N) is 1. The molecule has 5 rings (SSSR count). The highest BCUT2D eigenvalue weighted by atomic mass is 19.1. The van der Waals surface area contributed by atoms with E-state index >= 15 is 0 Å². The lowest BCUT2D eigenvalue weighted by molar-refractivity contribution is 0.0636. The summed E-state index contributed by atoms with van der Waals surface area (Å²) in [5.41, 5.74) is 6.25. The lowest BCUT2D eigenvalue weighted by Gasteiger charge is -2.35. The zero-order valence-corrected chi connectivity index (χ0v) is 24.9. The van der Waals surface area contributed by atoms with E-state index in [2.05, 4.69) is 20.3 Å². The Kier molecular flexibility index (Phi) is 9.99. The van der Waals surface area contributed by atoms with Gasteiger partial charge in [0, 0.05) is 36.5 Å². The van der Waals surface area contributed by atoms with E-state index in [4.69, 9.17) is 15.9 Å². The third-order valence-corrected chi connectivity index (χ3v) is 6.79. The molecular formula is C31H34F2N8O3. The number of rotatable bonds is 9. The molecule has 4 heterocycles. The summed E-state index contributed by atoms with van der Waals surface area (Å²) in [7, 11) is 0. The molecular weight excluding hydrogens is 570 g/mol. The van der Waals surface area contributed by atoms with Crippen molar-refractivity contribution in [2.75, 3.05) is 17.6 Å².